The largest absolute Gasteiger partial charge is 0.350 e. The van der Waals surface area contributed by atoms with Crippen molar-refractivity contribution in [2.75, 3.05) is 6.54 Å². The second-order valence-corrected chi connectivity index (χ2v) is 6.60. The quantitative estimate of drug-likeness (QED) is 0.733. The average molecular weight is 338 g/mol. The van der Waals surface area contributed by atoms with Crippen LogP contribution in [0.1, 0.15) is 43.1 Å². The van der Waals surface area contributed by atoms with Gasteiger partial charge in [-0.3, -0.25) is 4.79 Å². The maximum Gasteiger partial charge on any atom is 0.227 e. The predicted octanol–water partition coefficient (Wildman–Crippen LogP) is 3.03. The zero-order valence-corrected chi connectivity index (χ0v) is 14.6. The molecule has 1 atom stereocenters. The zero-order valence-electron chi connectivity index (χ0n) is 14.6. The molecule has 0 saturated carbocycles. The number of aromatic nitrogens is 3. The van der Waals surface area contributed by atoms with Crippen molar-refractivity contribution < 1.29 is 9.32 Å². The number of hydrogen-bond acceptors (Lipinski definition) is 4. The van der Waals surface area contributed by atoms with Gasteiger partial charge in [0.05, 0.1) is 12.5 Å². The number of aryl methyl sites for hydroxylation is 2. The average Bonchev–Trinajstić information content (AvgIpc) is 3.34. The van der Waals surface area contributed by atoms with Crippen molar-refractivity contribution >= 4 is 16.8 Å². The number of carbonyl (C=O) groups excluding carboxylic acids is 1. The summed E-state index contributed by atoms with van der Waals surface area (Å²) >= 11 is 0. The number of carbonyl (C=O) groups is 1. The Morgan fingerprint density at radius 2 is 2.20 bits per heavy atom. The molecule has 4 rings (SSSR count). The first-order valence-corrected chi connectivity index (χ1v) is 8.82. The molecule has 3 heterocycles. The monoisotopic (exact) mass is 338 g/mol. The van der Waals surface area contributed by atoms with Gasteiger partial charge in [-0.25, -0.2) is 0 Å². The molecule has 25 heavy (non-hydrogen) atoms. The molecule has 0 aliphatic carbocycles. The fourth-order valence-corrected chi connectivity index (χ4v) is 3.71. The first-order valence-electron chi connectivity index (χ1n) is 8.82. The minimum atomic E-state index is -0.0634. The van der Waals surface area contributed by atoms with Crippen LogP contribution in [-0.2, 0) is 24.7 Å². The molecule has 1 aliphatic heterocycles. The van der Waals surface area contributed by atoms with Crippen molar-refractivity contribution in [1.82, 2.24) is 19.6 Å². The summed E-state index contributed by atoms with van der Waals surface area (Å²) in [6.45, 7) is 2.74. The Morgan fingerprint density at radius 3 is 3.00 bits per heavy atom. The summed E-state index contributed by atoms with van der Waals surface area (Å²) in [5, 5.41) is 5.22. The number of rotatable bonds is 4. The minimum Gasteiger partial charge on any atom is -0.350 e. The second kappa shape index (κ2) is 6.35. The number of amides is 1. The van der Waals surface area contributed by atoms with Gasteiger partial charge in [-0.15, -0.1) is 0 Å². The van der Waals surface area contributed by atoms with E-state index in [1.165, 1.54) is 0 Å². The fourth-order valence-electron chi connectivity index (χ4n) is 3.71. The van der Waals surface area contributed by atoms with E-state index in [0.29, 0.717) is 24.6 Å². The Morgan fingerprint density at radius 1 is 1.36 bits per heavy atom. The highest BCUT2D eigenvalue weighted by molar-refractivity contribution is 5.89. The molecule has 0 N–H and O–H groups in total. The maximum atomic E-state index is 13.0. The van der Waals surface area contributed by atoms with Crippen molar-refractivity contribution in [3.63, 3.8) is 0 Å². The van der Waals surface area contributed by atoms with Crippen LogP contribution in [0.15, 0.2) is 35.0 Å². The summed E-state index contributed by atoms with van der Waals surface area (Å²) in [5.74, 6) is 1.39. The number of para-hydroxylation sites is 1. The molecule has 1 unspecified atom stereocenters. The van der Waals surface area contributed by atoms with Crippen LogP contribution >= 0.6 is 0 Å². The minimum absolute atomic E-state index is 0.0634. The molecule has 0 spiro atoms. The molecular weight excluding hydrogens is 316 g/mol. The van der Waals surface area contributed by atoms with Crippen molar-refractivity contribution in [2.45, 2.75) is 38.6 Å². The molecule has 0 radical (unpaired) electrons. The number of nitrogens with zero attached hydrogens (tertiary/aromatic N) is 4. The maximum absolute atomic E-state index is 13.0. The molecule has 130 valence electrons. The molecule has 1 fully saturated rings. The van der Waals surface area contributed by atoms with E-state index in [-0.39, 0.29) is 11.9 Å². The number of benzene rings is 1. The molecule has 0 bridgehead atoms. The lowest BCUT2D eigenvalue weighted by molar-refractivity contribution is -0.131. The molecular formula is C19H22N4O2. The Bertz CT molecular complexity index is 911. The van der Waals surface area contributed by atoms with E-state index in [2.05, 4.69) is 33.0 Å². The van der Waals surface area contributed by atoms with Crippen molar-refractivity contribution in [3.05, 3.63) is 47.7 Å². The van der Waals surface area contributed by atoms with Crippen molar-refractivity contribution in [1.29, 1.82) is 0 Å². The summed E-state index contributed by atoms with van der Waals surface area (Å²) in [6, 6.07) is 8.12. The summed E-state index contributed by atoms with van der Waals surface area (Å²) in [6.07, 6.45) is 5.03. The van der Waals surface area contributed by atoms with Crippen LogP contribution in [0.25, 0.3) is 10.9 Å². The lowest BCUT2D eigenvalue weighted by Crippen LogP contribution is -2.32. The van der Waals surface area contributed by atoms with Gasteiger partial charge in [-0.05, 0) is 24.5 Å². The molecule has 6 heteroatoms. The molecule has 2 aromatic heterocycles. The summed E-state index contributed by atoms with van der Waals surface area (Å²) in [7, 11) is 2.01. The lowest BCUT2D eigenvalue weighted by Gasteiger charge is -2.22. The standard InChI is InChI=1S/C19H22N4O2/c1-3-17-20-19(21-25-17)16-9-6-10-23(16)18(24)11-13-12-22(2)15-8-5-4-7-14(13)15/h4-5,7-8,12,16H,3,6,9-11H2,1-2H3. The molecule has 1 amide bonds. The van der Waals surface area contributed by atoms with Crippen LogP contribution < -0.4 is 0 Å². The van der Waals surface area contributed by atoms with Gasteiger partial charge < -0.3 is 14.0 Å². The third-order valence-corrected chi connectivity index (χ3v) is 4.98. The van der Waals surface area contributed by atoms with Crippen LogP contribution in [0.3, 0.4) is 0 Å². The van der Waals surface area contributed by atoms with E-state index >= 15 is 0 Å². The highest BCUT2D eigenvalue weighted by Crippen LogP contribution is 2.31. The van der Waals surface area contributed by atoms with E-state index in [4.69, 9.17) is 4.52 Å². The van der Waals surface area contributed by atoms with E-state index in [9.17, 15) is 4.79 Å². The van der Waals surface area contributed by atoms with Gasteiger partial charge >= 0.3 is 0 Å². The lowest BCUT2D eigenvalue weighted by atomic mass is 10.1. The SMILES string of the molecule is CCc1nc(C2CCCN2C(=O)Cc2cn(C)c3ccccc23)no1. The molecule has 3 aromatic rings. The topological polar surface area (TPSA) is 64.2 Å². The summed E-state index contributed by atoms with van der Waals surface area (Å²) in [4.78, 5) is 19.3. The fraction of sp³-hybridized carbons (Fsp3) is 0.421. The van der Waals surface area contributed by atoms with Gasteiger partial charge in [-0.1, -0.05) is 30.3 Å². The van der Waals surface area contributed by atoms with Gasteiger partial charge in [0.2, 0.25) is 11.8 Å². The Kier molecular flexibility index (Phi) is 4.03. The van der Waals surface area contributed by atoms with Gasteiger partial charge in [0.1, 0.15) is 0 Å². The number of fused-ring (bicyclic) bond motifs is 1. The van der Waals surface area contributed by atoms with Crippen molar-refractivity contribution in [3.8, 4) is 0 Å². The summed E-state index contributed by atoms with van der Waals surface area (Å²) in [5.41, 5.74) is 2.21. The molecule has 1 saturated heterocycles. The van der Waals surface area contributed by atoms with Gasteiger partial charge in [-0.2, -0.15) is 4.98 Å². The third kappa shape index (κ3) is 2.81. The summed E-state index contributed by atoms with van der Waals surface area (Å²) < 4.78 is 7.31. The van der Waals surface area contributed by atoms with E-state index in [0.717, 1.165) is 35.9 Å². The second-order valence-electron chi connectivity index (χ2n) is 6.60. The smallest absolute Gasteiger partial charge is 0.227 e. The zero-order chi connectivity index (χ0) is 17.4. The predicted molar refractivity (Wildman–Crippen MR) is 94.0 cm³/mol. The van der Waals surface area contributed by atoms with Crippen LogP contribution in [0.5, 0.6) is 0 Å². The van der Waals surface area contributed by atoms with Gasteiger partial charge in [0, 0.05) is 37.1 Å². The normalized spacial score (nSPS) is 17.5. The van der Waals surface area contributed by atoms with Gasteiger partial charge in [0.25, 0.3) is 0 Å². The van der Waals surface area contributed by atoms with E-state index in [1.807, 2.05) is 31.0 Å². The third-order valence-electron chi connectivity index (χ3n) is 4.98. The first-order chi connectivity index (χ1) is 12.2. The molecule has 1 aromatic carbocycles. The van der Waals surface area contributed by atoms with E-state index in [1.54, 1.807) is 0 Å². The Labute approximate surface area is 146 Å². The number of likely N-dealkylation sites (tertiary alicyclic amines) is 1. The van der Waals surface area contributed by atoms with E-state index < -0.39 is 0 Å². The van der Waals surface area contributed by atoms with Crippen LogP contribution in [0.2, 0.25) is 0 Å². The van der Waals surface area contributed by atoms with Crippen molar-refractivity contribution in [2.24, 2.45) is 7.05 Å². The highest BCUT2D eigenvalue weighted by atomic mass is 16.5. The highest BCUT2D eigenvalue weighted by Gasteiger charge is 2.33. The van der Waals surface area contributed by atoms with Crippen LogP contribution in [0, 0.1) is 0 Å². The van der Waals surface area contributed by atoms with Gasteiger partial charge in [0.15, 0.2) is 5.82 Å². The molecule has 1 aliphatic rings. The Hall–Kier alpha value is -2.63. The van der Waals surface area contributed by atoms with Crippen LogP contribution in [-0.4, -0.2) is 32.1 Å². The Balaban J connectivity index is 1.57. The molecule has 6 nitrogen and oxygen atoms in total. The first kappa shape index (κ1) is 15.9. The number of hydrogen-bond donors (Lipinski definition) is 0. The van der Waals surface area contributed by atoms with Crippen LogP contribution in [0.4, 0.5) is 0 Å².